The zero-order valence-corrected chi connectivity index (χ0v) is 16.9. The molecule has 4 heteroatoms. The molecule has 0 aromatic heterocycles. The molecule has 0 fully saturated rings. The van der Waals surface area contributed by atoms with Gasteiger partial charge in [-0.3, -0.25) is 4.72 Å². The monoisotopic (exact) mass is 389 g/mol. The van der Waals surface area contributed by atoms with E-state index in [0.717, 1.165) is 24.7 Å². The van der Waals surface area contributed by atoms with Crippen LogP contribution in [0.4, 0.5) is 5.69 Å². The molecular formula is C24H23NO2S. The Kier molecular flexibility index (Phi) is 4.82. The van der Waals surface area contributed by atoms with Crippen molar-refractivity contribution in [3.05, 3.63) is 100 Å². The second kappa shape index (κ2) is 7.28. The molecule has 3 nitrogen and oxygen atoms in total. The maximum absolute atomic E-state index is 11.4. The van der Waals surface area contributed by atoms with Crippen molar-refractivity contribution >= 4 is 27.4 Å². The summed E-state index contributed by atoms with van der Waals surface area (Å²) in [5, 5.41) is 0. The van der Waals surface area contributed by atoms with Crippen LogP contribution in [0.2, 0.25) is 0 Å². The van der Waals surface area contributed by atoms with E-state index in [4.69, 9.17) is 0 Å². The molecule has 1 aliphatic rings. The fourth-order valence-corrected chi connectivity index (χ4v) is 4.44. The molecular weight excluding hydrogens is 366 g/mol. The van der Waals surface area contributed by atoms with Crippen LogP contribution >= 0.6 is 0 Å². The average Bonchev–Trinajstić information content (AvgIpc) is 2.81. The molecule has 0 atom stereocenters. The summed E-state index contributed by atoms with van der Waals surface area (Å²) in [5.41, 5.74) is 9.47. The minimum Gasteiger partial charge on any atom is -0.284 e. The van der Waals surface area contributed by atoms with Gasteiger partial charge in [0.15, 0.2) is 0 Å². The molecule has 4 rings (SSSR count). The second-order valence-electron chi connectivity index (χ2n) is 7.31. The smallest absolute Gasteiger partial charge is 0.229 e. The molecule has 0 amide bonds. The first-order chi connectivity index (χ1) is 13.4. The Labute approximate surface area is 166 Å². The lowest BCUT2D eigenvalue weighted by Crippen LogP contribution is -2.09. The molecule has 0 spiro atoms. The first kappa shape index (κ1) is 18.5. The van der Waals surface area contributed by atoms with E-state index in [1.54, 1.807) is 12.1 Å². The SMILES string of the molecule is Cc1cccc2c1CCc1ccccc1/C2=C/c1ccc(NS(C)(=O)=O)cc1. The van der Waals surface area contributed by atoms with Gasteiger partial charge in [0.1, 0.15) is 0 Å². The van der Waals surface area contributed by atoms with Gasteiger partial charge in [0.05, 0.1) is 6.26 Å². The zero-order chi connectivity index (χ0) is 19.7. The molecule has 0 saturated heterocycles. The number of benzene rings is 3. The topological polar surface area (TPSA) is 46.2 Å². The van der Waals surface area contributed by atoms with Gasteiger partial charge in [0, 0.05) is 5.69 Å². The maximum Gasteiger partial charge on any atom is 0.229 e. The van der Waals surface area contributed by atoms with Crippen LogP contribution in [-0.4, -0.2) is 14.7 Å². The largest absolute Gasteiger partial charge is 0.284 e. The van der Waals surface area contributed by atoms with Gasteiger partial charge in [-0.05, 0) is 76.9 Å². The highest BCUT2D eigenvalue weighted by molar-refractivity contribution is 7.92. The van der Waals surface area contributed by atoms with Gasteiger partial charge in [-0.25, -0.2) is 8.42 Å². The Morgan fingerprint density at radius 1 is 0.857 bits per heavy atom. The maximum atomic E-state index is 11.4. The van der Waals surface area contributed by atoms with E-state index >= 15 is 0 Å². The van der Waals surface area contributed by atoms with Crippen LogP contribution in [0.15, 0.2) is 66.7 Å². The first-order valence-corrected chi connectivity index (χ1v) is 11.3. The Morgan fingerprint density at radius 3 is 2.32 bits per heavy atom. The van der Waals surface area contributed by atoms with Crippen molar-refractivity contribution in [1.82, 2.24) is 0 Å². The molecule has 1 N–H and O–H groups in total. The third kappa shape index (κ3) is 3.87. The minimum atomic E-state index is -3.27. The molecule has 0 aliphatic heterocycles. The van der Waals surface area contributed by atoms with E-state index in [-0.39, 0.29) is 0 Å². The lowest BCUT2D eigenvalue weighted by atomic mass is 9.91. The van der Waals surface area contributed by atoms with Gasteiger partial charge in [-0.15, -0.1) is 0 Å². The van der Waals surface area contributed by atoms with Crippen molar-refractivity contribution in [2.24, 2.45) is 0 Å². The van der Waals surface area contributed by atoms with E-state index in [1.807, 2.05) is 12.1 Å². The van der Waals surface area contributed by atoms with Gasteiger partial charge in [0.2, 0.25) is 10.0 Å². The van der Waals surface area contributed by atoms with Gasteiger partial charge in [-0.1, -0.05) is 54.6 Å². The van der Waals surface area contributed by atoms with E-state index < -0.39 is 10.0 Å². The highest BCUT2D eigenvalue weighted by Gasteiger charge is 2.18. The average molecular weight is 390 g/mol. The van der Waals surface area contributed by atoms with Crippen LogP contribution < -0.4 is 4.72 Å². The van der Waals surface area contributed by atoms with Gasteiger partial charge < -0.3 is 0 Å². The van der Waals surface area contributed by atoms with Crippen molar-refractivity contribution in [3.8, 4) is 0 Å². The van der Waals surface area contributed by atoms with Crippen molar-refractivity contribution in [1.29, 1.82) is 0 Å². The molecule has 0 heterocycles. The Bertz CT molecular complexity index is 1160. The summed E-state index contributed by atoms with van der Waals surface area (Å²) in [5.74, 6) is 0. The lowest BCUT2D eigenvalue weighted by molar-refractivity contribution is 0.607. The number of nitrogens with one attached hydrogen (secondary N) is 1. The van der Waals surface area contributed by atoms with Gasteiger partial charge in [-0.2, -0.15) is 0 Å². The number of aryl methyl sites for hydroxylation is 2. The predicted octanol–water partition coefficient (Wildman–Crippen LogP) is 5.05. The van der Waals surface area contributed by atoms with Crippen LogP contribution in [0.5, 0.6) is 0 Å². The lowest BCUT2D eigenvalue weighted by Gasteiger charge is -2.14. The quantitative estimate of drug-likeness (QED) is 0.681. The fraction of sp³-hybridized carbons (Fsp3) is 0.167. The summed E-state index contributed by atoms with van der Waals surface area (Å²) in [6.07, 6.45) is 5.42. The van der Waals surface area contributed by atoms with Crippen molar-refractivity contribution in [2.45, 2.75) is 19.8 Å². The number of hydrogen-bond acceptors (Lipinski definition) is 2. The van der Waals surface area contributed by atoms with E-state index in [1.165, 1.54) is 33.4 Å². The first-order valence-electron chi connectivity index (χ1n) is 9.37. The third-order valence-corrected chi connectivity index (χ3v) is 5.78. The Balaban J connectivity index is 1.83. The van der Waals surface area contributed by atoms with Crippen LogP contribution in [0, 0.1) is 6.92 Å². The van der Waals surface area contributed by atoms with E-state index in [0.29, 0.717) is 5.69 Å². The molecule has 142 valence electrons. The van der Waals surface area contributed by atoms with Gasteiger partial charge in [0.25, 0.3) is 0 Å². The molecule has 0 unspecified atom stereocenters. The molecule has 1 aliphatic carbocycles. The summed E-state index contributed by atoms with van der Waals surface area (Å²) in [6.45, 7) is 2.18. The minimum absolute atomic E-state index is 0.571. The number of hydrogen-bond donors (Lipinski definition) is 1. The van der Waals surface area contributed by atoms with E-state index in [2.05, 4.69) is 60.2 Å². The van der Waals surface area contributed by atoms with Crippen LogP contribution in [0.25, 0.3) is 11.6 Å². The van der Waals surface area contributed by atoms with Gasteiger partial charge >= 0.3 is 0 Å². The predicted molar refractivity (Wildman–Crippen MR) is 117 cm³/mol. The second-order valence-corrected chi connectivity index (χ2v) is 9.06. The zero-order valence-electron chi connectivity index (χ0n) is 16.1. The highest BCUT2D eigenvalue weighted by atomic mass is 32.2. The van der Waals surface area contributed by atoms with Crippen LogP contribution in [-0.2, 0) is 22.9 Å². The highest BCUT2D eigenvalue weighted by Crippen LogP contribution is 2.36. The molecule has 3 aromatic carbocycles. The van der Waals surface area contributed by atoms with Crippen LogP contribution in [0.1, 0.15) is 33.4 Å². The number of fused-ring (bicyclic) bond motifs is 2. The normalized spacial score (nSPS) is 14.9. The molecule has 0 radical (unpaired) electrons. The number of rotatable bonds is 3. The summed E-state index contributed by atoms with van der Waals surface area (Å²) in [7, 11) is -3.27. The fourth-order valence-electron chi connectivity index (χ4n) is 3.88. The standard InChI is InChI=1S/C24H23NO2S/c1-17-6-5-9-23-21(17)15-12-19-7-3-4-8-22(19)24(23)16-18-10-13-20(14-11-18)25-28(2,26)27/h3-11,13-14,16,25H,12,15H2,1-2H3/b24-16-. The summed E-state index contributed by atoms with van der Waals surface area (Å²) in [4.78, 5) is 0. The Morgan fingerprint density at radius 2 is 1.57 bits per heavy atom. The van der Waals surface area contributed by atoms with E-state index in [9.17, 15) is 8.42 Å². The number of anilines is 1. The third-order valence-electron chi connectivity index (χ3n) is 5.18. The molecule has 3 aromatic rings. The molecule has 28 heavy (non-hydrogen) atoms. The van der Waals surface area contributed by atoms with Crippen LogP contribution in [0.3, 0.4) is 0 Å². The summed E-state index contributed by atoms with van der Waals surface area (Å²) >= 11 is 0. The summed E-state index contributed by atoms with van der Waals surface area (Å²) < 4.78 is 25.4. The van der Waals surface area contributed by atoms with Crippen molar-refractivity contribution in [3.63, 3.8) is 0 Å². The van der Waals surface area contributed by atoms with Crippen molar-refractivity contribution in [2.75, 3.05) is 11.0 Å². The summed E-state index contributed by atoms with van der Waals surface area (Å²) in [6, 6.07) is 22.6. The number of sulfonamides is 1. The van der Waals surface area contributed by atoms with Crippen molar-refractivity contribution < 1.29 is 8.42 Å². The Hall–Kier alpha value is -2.85. The molecule has 0 bridgehead atoms. The molecule has 0 saturated carbocycles.